The van der Waals surface area contributed by atoms with Crippen molar-refractivity contribution >= 4 is 5.97 Å². The highest BCUT2D eigenvalue weighted by Crippen LogP contribution is 2.39. The summed E-state index contributed by atoms with van der Waals surface area (Å²) in [6.45, 7) is 3.56. The van der Waals surface area contributed by atoms with Crippen LogP contribution in [-0.4, -0.2) is 18.6 Å². The van der Waals surface area contributed by atoms with Gasteiger partial charge in [-0.2, -0.15) is 0 Å². The first-order valence-corrected chi connectivity index (χ1v) is 2.67. The summed E-state index contributed by atoms with van der Waals surface area (Å²) < 4.78 is 4.42. The highest BCUT2D eigenvalue weighted by atomic mass is 16.5. The number of hydrogen-bond donors (Lipinski definition) is 1. The van der Waals surface area contributed by atoms with Crippen molar-refractivity contribution in [2.24, 2.45) is 5.73 Å². The average Bonchev–Trinajstić information content (AvgIpc) is 2.41. The zero-order valence-electron chi connectivity index (χ0n) is 5.31. The van der Waals surface area contributed by atoms with E-state index in [-0.39, 0.29) is 5.97 Å². The van der Waals surface area contributed by atoms with Crippen molar-refractivity contribution in [1.82, 2.24) is 0 Å². The largest absolute Gasteiger partial charge is 0.467 e. The maximum absolute atomic E-state index is 10.7. The molecule has 0 bridgehead atoms. The maximum Gasteiger partial charge on any atom is 0.330 e. The van der Waals surface area contributed by atoms with Gasteiger partial charge in [0.2, 0.25) is 0 Å². The third-order valence-corrected chi connectivity index (χ3v) is 1.55. The van der Waals surface area contributed by atoms with Gasteiger partial charge in [-0.15, -0.1) is 0 Å². The Morgan fingerprint density at radius 3 is 2.56 bits per heavy atom. The topological polar surface area (TPSA) is 52.3 Å². The number of methoxy groups -OCH3 is 1. The van der Waals surface area contributed by atoms with Gasteiger partial charge in [-0.25, -0.2) is 4.79 Å². The Hall–Kier alpha value is -0.830. The first kappa shape index (κ1) is 6.29. The van der Waals surface area contributed by atoms with Crippen LogP contribution < -0.4 is 5.73 Å². The molecule has 0 aromatic heterocycles. The molecule has 0 spiro atoms. The van der Waals surface area contributed by atoms with Crippen molar-refractivity contribution in [3.63, 3.8) is 0 Å². The molecule has 0 aromatic rings. The Morgan fingerprint density at radius 2 is 2.44 bits per heavy atom. The second kappa shape index (κ2) is 1.57. The zero-order valence-corrected chi connectivity index (χ0v) is 5.31. The molecule has 3 heteroatoms. The zero-order chi connectivity index (χ0) is 7.07. The number of rotatable bonds is 1. The number of carbonyl (C=O) groups excluding carboxylic acids is 1. The summed E-state index contributed by atoms with van der Waals surface area (Å²) in [4.78, 5) is 10.7. The van der Waals surface area contributed by atoms with Crippen LogP contribution in [-0.2, 0) is 9.53 Å². The van der Waals surface area contributed by atoms with Crippen molar-refractivity contribution < 1.29 is 9.53 Å². The molecule has 0 saturated heterocycles. The molecule has 1 saturated carbocycles. The smallest absolute Gasteiger partial charge is 0.330 e. The summed E-state index contributed by atoms with van der Waals surface area (Å²) in [6, 6.07) is 0. The lowest BCUT2D eigenvalue weighted by Gasteiger charge is -2.02. The van der Waals surface area contributed by atoms with Gasteiger partial charge in [-0.05, 0) is 5.57 Å². The first-order valence-electron chi connectivity index (χ1n) is 2.67. The number of hydrogen-bond acceptors (Lipinski definition) is 3. The normalized spacial score (nSPS) is 32.0. The lowest BCUT2D eigenvalue weighted by Crippen LogP contribution is -2.34. The minimum atomic E-state index is -0.839. The van der Waals surface area contributed by atoms with E-state index in [0.717, 1.165) is 5.57 Å². The van der Waals surface area contributed by atoms with E-state index in [4.69, 9.17) is 5.73 Å². The van der Waals surface area contributed by atoms with Crippen LogP contribution in [0.5, 0.6) is 0 Å². The third-order valence-electron chi connectivity index (χ3n) is 1.55. The minimum Gasteiger partial charge on any atom is -0.467 e. The molecule has 2 N–H and O–H groups in total. The van der Waals surface area contributed by atoms with Gasteiger partial charge in [0.15, 0.2) is 0 Å². The van der Waals surface area contributed by atoms with Crippen LogP contribution in [0.15, 0.2) is 12.2 Å². The fourth-order valence-electron chi connectivity index (χ4n) is 0.691. The van der Waals surface area contributed by atoms with E-state index in [0.29, 0.717) is 6.42 Å². The van der Waals surface area contributed by atoms with Gasteiger partial charge in [0.05, 0.1) is 7.11 Å². The summed E-state index contributed by atoms with van der Waals surface area (Å²) in [5.41, 5.74) is 5.39. The van der Waals surface area contributed by atoms with E-state index in [1.54, 1.807) is 0 Å². The van der Waals surface area contributed by atoms with Gasteiger partial charge in [0.25, 0.3) is 0 Å². The van der Waals surface area contributed by atoms with E-state index < -0.39 is 5.54 Å². The molecule has 0 aromatic carbocycles. The van der Waals surface area contributed by atoms with Crippen LogP contribution in [0.2, 0.25) is 0 Å². The van der Waals surface area contributed by atoms with Crippen molar-refractivity contribution in [3.05, 3.63) is 12.2 Å². The number of esters is 1. The average molecular weight is 127 g/mol. The molecule has 0 radical (unpaired) electrons. The fourth-order valence-corrected chi connectivity index (χ4v) is 0.691. The maximum atomic E-state index is 10.7. The lowest BCUT2D eigenvalue weighted by atomic mass is 10.3. The van der Waals surface area contributed by atoms with Crippen LogP contribution in [0, 0.1) is 0 Å². The molecule has 0 amide bonds. The van der Waals surface area contributed by atoms with E-state index in [1.165, 1.54) is 7.11 Å². The van der Waals surface area contributed by atoms with Crippen LogP contribution in [0.4, 0.5) is 0 Å². The van der Waals surface area contributed by atoms with Crippen LogP contribution >= 0.6 is 0 Å². The molecule has 1 unspecified atom stereocenters. The SMILES string of the molecule is C=C1CC1(N)C(=O)OC. The monoisotopic (exact) mass is 127 g/mol. The number of carbonyl (C=O) groups is 1. The standard InChI is InChI=1S/C6H9NO2/c1-4-3-6(4,7)5(8)9-2/h1,3,7H2,2H3. The van der Waals surface area contributed by atoms with E-state index >= 15 is 0 Å². The van der Waals surface area contributed by atoms with E-state index in [9.17, 15) is 4.79 Å². The second-order valence-electron chi connectivity index (χ2n) is 2.24. The molecular weight excluding hydrogens is 118 g/mol. The minimum absolute atomic E-state index is 0.382. The Labute approximate surface area is 53.5 Å². The Bertz CT molecular complexity index is 176. The quantitative estimate of drug-likeness (QED) is 0.392. The molecule has 1 rings (SSSR count). The fraction of sp³-hybridized carbons (Fsp3) is 0.500. The first-order chi connectivity index (χ1) is 4.11. The molecule has 1 aliphatic carbocycles. The van der Waals surface area contributed by atoms with Crippen molar-refractivity contribution in [2.75, 3.05) is 7.11 Å². The molecule has 9 heavy (non-hydrogen) atoms. The summed E-state index contributed by atoms with van der Waals surface area (Å²) in [5, 5.41) is 0. The Kier molecular flexibility index (Phi) is 1.10. The molecule has 1 aliphatic rings. The van der Waals surface area contributed by atoms with E-state index in [2.05, 4.69) is 11.3 Å². The summed E-state index contributed by atoms with van der Waals surface area (Å²) in [7, 11) is 1.32. The lowest BCUT2D eigenvalue weighted by molar-refractivity contribution is -0.142. The molecule has 1 fully saturated rings. The van der Waals surface area contributed by atoms with Gasteiger partial charge in [0.1, 0.15) is 5.54 Å². The van der Waals surface area contributed by atoms with Gasteiger partial charge < -0.3 is 10.5 Å². The summed E-state index contributed by atoms with van der Waals surface area (Å²) >= 11 is 0. The van der Waals surface area contributed by atoms with Crippen molar-refractivity contribution in [2.45, 2.75) is 12.0 Å². The number of nitrogens with two attached hydrogens (primary N) is 1. The highest BCUT2D eigenvalue weighted by Gasteiger charge is 2.51. The Balaban J connectivity index is 2.64. The highest BCUT2D eigenvalue weighted by molar-refractivity contribution is 5.90. The molecule has 1 atom stereocenters. The van der Waals surface area contributed by atoms with Crippen molar-refractivity contribution in [3.8, 4) is 0 Å². The Morgan fingerprint density at radius 1 is 2.00 bits per heavy atom. The summed E-state index contributed by atoms with van der Waals surface area (Å²) in [6.07, 6.45) is 0.569. The molecule has 0 aliphatic heterocycles. The van der Waals surface area contributed by atoms with Gasteiger partial charge in [0, 0.05) is 6.42 Å². The van der Waals surface area contributed by atoms with E-state index in [1.807, 2.05) is 0 Å². The van der Waals surface area contributed by atoms with Crippen LogP contribution in [0.25, 0.3) is 0 Å². The predicted octanol–water partition coefficient (Wildman–Crippen LogP) is -0.183. The van der Waals surface area contributed by atoms with Crippen LogP contribution in [0.3, 0.4) is 0 Å². The van der Waals surface area contributed by atoms with Crippen molar-refractivity contribution in [1.29, 1.82) is 0 Å². The van der Waals surface area contributed by atoms with Gasteiger partial charge in [-0.1, -0.05) is 6.58 Å². The second-order valence-corrected chi connectivity index (χ2v) is 2.24. The van der Waals surface area contributed by atoms with Gasteiger partial charge >= 0.3 is 5.97 Å². The summed E-state index contributed by atoms with van der Waals surface area (Å²) in [5.74, 6) is -0.382. The molecule has 0 heterocycles. The third kappa shape index (κ3) is 0.733. The van der Waals surface area contributed by atoms with Crippen LogP contribution in [0.1, 0.15) is 6.42 Å². The molecule has 50 valence electrons. The number of ether oxygens (including phenoxy) is 1. The predicted molar refractivity (Wildman–Crippen MR) is 32.7 cm³/mol. The molecular formula is C6H9NO2. The van der Waals surface area contributed by atoms with Gasteiger partial charge in [-0.3, -0.25) is 0 Å². The molecule has 3 nitrogen and oxygen atoms in total.